The van der Waals surface area contributed by atoms with E-state index in [0.717, 1.165) is 27.3 Å². The Morgan fingerprint density at radius 2 is 1.66 bits per heavy atom. The minimum absolute atomic E-state index is 0.0618. The van der Waals surface area contributed by atoms with Crippen molar-refractivity contribution in [3.05, 3.63) is 102 Å². The van der Waals surface area contributed by atoms with E-state index in [1.54, 1.807) is 6.07 Å². The molecule has 1 aromatic heterocycles. The van der Waals surface area contributed by atoms with Crippen LogP contribution in [0.2, 0.25) is 0 Å². The van der Waals surface area contributed by atoms with E-state index < -0.39 is 11.9 Å². The molecule has 4 aromatic rings. The minimum Gasteiger partial charge on any atom is -0.481 e. The molecule has 194 valence electrons. The van der Waals surface area contributed by atoms with Crippen LogP contribution < -0.4 is 16.0 Å². The van der Waals surface area contributed by atoms with Gasteiger partial charge in [0.25, 0.3) is 0 Å². The van der Waals surface area contributed by atoms with E-state index in [0.29, 0.717) is 17.4 Å². The summed E-state index contributed by atoms with van der Waals surface area (Å²) in [5.41, 5.74) is 4.21. The third-order valence-electron chi connectivity index (χ3n) is 5.87. The maximum atomic E-state index is 12.8. The lowest BCUT2D eigenvalue weighted by molar-refractivity contribution is -0.137. The Hall–Kier alpha value is -4.50. The zero-order valence-corrected chi connectivity index (χ0v) is 21.7. The number of nitrogens with one attached hydrogen (secondary N) is 4. The van der Waals surface area contributed by atoms with Crippen LogP contribution in [0.15, 0.2) is 84.9 Å². The number of carboxylic acid groups (broad SMARTS) is 1. The Morgan fingerprint density at radius 1 is 0.947 bits per heavy atom. The number of rotatable bonds is 10. The molecule has 0 spiro atoms. The van der Waals surface area contributed by atoms with Gasteiger partial charge in [-0.1, -0.05) is 84.1 Å². The maximum absolute atomic E-state index is 12.8. The fraction of sp³-hybridized carbons (Fsp3) is 0.172. The molecule has 5 N–H and O–H groups in total. The zero-order chi connectivity index (χ0) is 26.9. The molecule has 0 bridgehead atoms. The zero-order valence-electron chi connectivity index (χ0n) is 20.9. The van der Waals surface area contributed by atoms with E-state index in [-0.39, 0.29) is 24.7 Å². The van der Waals surface area contributed by atoms with Crippen LogP contribution in [0.1, 0.15) is 35.6 Å². The molecule has 1 amide bonds. The van der Waals surface area contributed by atoms with Crippen LogP contribution in [0, 0.1) is 12.3 Å². The summed E-state index contributed by atoms with van der Waals surface area (Å²) < 4.78 is 0. The molecule has 3 aromatic carbocycles. The molecule has 1 unspecified atom stereocenters. The quantitative estimate of drug-likeness (QED) is 0.130. The van der Waals surface area contributed by atoms with E-state index in [4.69, 9.17) is 5.41 Å². The number of anilines is 2. The van der Waals surface area contributed by atoms with Gasteiger partial charge in [-0.25, -0.2) is 4.98 Å². The highest BCUT2D eigenvalue weighted by atomic mass is 32.1. The maximum Gasteiger partial charge on any atom is 0.303 e. The number of carboxylic acids is 1. The second-order valence-electron chi connectivity index (χ2n) is 8.81. The van der Waals surface area contributed by atoms with Gasteiger partial charge in [0.2, 0.25) is 5.91 Å². The molecule has 1 atom stereocenters. The molecule has 38 heavy (non-hydrogen) atoms. The number of amides is 1. The molecule has 0 fully saturated rings. The van der Waals surface area contributed by atoms with E-state index >= 15 is 0 Å². The van der Waals surface area contributed by atoms with E-state index in [2.05, 4.69) is 20.9 Å². The van der Waals surface area contributed by atoms with Crippen molar-refractivity contribution in [2.75, 3.05) is 10.6 Å². The van der Waals surface area contributed by atoms with Crippen molar-refractivity contribution in [2.45, 2.75) is 32.2 Å². The number of hydrogen-bond donors (Lipinski definition) is 5. The van der Waals surface area contributed by atoms with Gasteiger partial charge in [0.1, 0.15) is 0 Å². The average molecular weight is 528 g/mol. The molecule has 1 heterocycles. The van der Waals surface area contributed by atoms with E-state index in [1.807, 2.05) is 85.8 Å². The molecule has 0 aliphatic rings. The van der Waals surface area contributed by atoms with Crippen molar-refractivity contribution in [3.63, 3.8) is 0 Å². The molecule has 0 saturated heterocycles. The van der Waals surface area contributed by atoms with Crippen molar-refractivity contribution in [2.24, 2.45) is 0 Å². The third-order valence-corrected chi connectivity index (χ3v) is 6.99. The van der Waals surface area contributed by atoms with Crippen LogP contribution in [0.3, 0.4) is 0 Å². The van der Waals surface area contributed by atoms with Gasteiger partial charge < -0.3 is 21.1 Å². The van der Waals surface area contributed by atoms with Gasteiger partial charge in [0, 0.05) is 24.6 Å². The lowest BCUT2D eigenvalue weighted by Crippen LogP contribution is -2.28. The Bertz CT molecular complexity index is 1410. The Kier molecular flexibility index (Phi) is 8.84. The van der Waals surface area contributed by atoms with Crippen LogP contribution in [0.25, 0.3) is 10.4 Å². The number of benzene rings is 3. The van der Waals surface area contributed by atoms with Gasteiger partial charge in [-0.3, -0.25) is 15.0 Å². The third kappa shape index (κ3) is 7.50. The highest BCUT2D eigenvalue weighted by Crippen LogP contribution is 2.34. The highest BCUT2D eigenvalue weighted by molar-refractivity contribution is 7.19. The first-order valence-corrected chi connectivity index (χ1v) is 13.0. The summed E-state index contributed by atoms with van der Waals surface area (Å²) in [6, 6.07) is 26.5. The Morgan fingerprint density at radius 3 is 2.37 bits per heavy atom. The normalized spacial score (nSPS) is 11.4. The summed E-state index contributed by atoms with van der Waals surface area (Å²) in [4.78, 5) is 29.7. The van der Waals surface area contributed by atoms with Crippen LogP contribution in [-0.4, -0.2) is 27.9 Å². The van der Waals surface area contributed by atoms with Crippen LogP contribution in [0.4, 0.5) is 10.8 Å². The summed E-state index contributed by atoms with van der Waals surface area (Å²) in [7, 11) is 0. The van der Waals surface area contributed by atoms with Gasteiger partial charge in [0.15, 0.2) is 11.1 Å². The topological polar surface area (TPSA) is 127 Å². The fourth-order valence-corrected chi connectivity index (χ4v) is 5.04. The molecular weight excluding hydrogens is 498 g/mol. The number of hydrogen-bond acceptors (Lipinski definition) is 5. The van der Waals surface area contributed by atoms with Gasteiger partial charge in [-0.2, -0.15) is 0 Å². The lowest BCUT2D eigenvalue weighted by atomic mass is 9.92. The molecule has 0 aliphatic carbocycles. The summed E-state index contributed by atoms with van der Waals surface area (Å²) >= 11 is 1.42. The number of carbonyl (C=O) groups excluding carboxylic acids is 1. The molecule has 4 rings (SSSR count). The smallest absolute Gasteiger partial charge is 0.303 e. The van der Waals surface area contributed by atoms with Gasteiger partial charge >= 0.3 is 5.97 Å². The Balaban J connectivity index is 1.39. The number of aryl methyl sites for hydroxylation is 1. The molecule has 0 radical (unpaired) electrons. The van der Waals surface area contributed by atoms with Gasteiger partial charge in [-0.15, -0.1) is 0 Å². The van der Waals surface area contributed by atoms with Crippen molar-refractivity contribution in [3.8, 4) is 10.4 Å². The van der Waals surface area contributed by atoms with Crippen molar-refractivity contribution in [1.82, 2.24) is 10.3 Å². The molecular formula is C29H29N5O3S. The first-order chi connectivity index (χ1) is 18.4. The average Bonchev–Trinajstić information content (AvgIpc) is 3.27. The number of carbonyl (C=O) groups is 2. The molecule has 8 nitrogen and oxygen atoms in total. The minimum atomic E-state index is -0.943. The number of thiazole rings is 1. The summed E-state index contributed by atoms with van der Waals surface area (Å²) in [6.07, 6.45) is -0.0607. The van der Waals surface area contributed by atoms with Crippen LogP contribution in [-0.2, 0) is 16.1 Å². The predicted molar refractivity (Wildman–Crippen MR) is 152 cm³/mol. The number of guanidine groups is 1. The highest BCUT2D eigenvalue weighted by Gasteiger charge is 2.20. The Labute approximate surface area is 225 Å². The van der Waals surface area contributed by atoms with Crippen molar-refractivity contribution in [1.29, 1.82) is 5.41 Å². The number of aliphatic carboxylic acids is 1. The van der Waals surface area contributed by atoms with Crippen LogP contribution in [0.5, 0.6) is 0 Å². The number of nitrogens with zero attached hydrogens (tertiary/aromatic N) is 1. The van der Waals surface area contributed by atoms with Crippen molar-refractivity contribution >= 4 is 40.0 Å². The fourth-order valence-electron chi connectivity index (χ4n) is 4.07. The first-order valence-electron chi connectivity index (χ1n) is 12.1. The predicted octanol–water partition coefficient (Wildman–Crippen LogP) is 5.84. The van der Waals surface area contributed by atoms with Gasteiger partial charge in [-0.05, 0) is 35.7 Å². The molecule has 0 aliphatic heterocycles. The molecule has 9 heteroatoms. The summed E-state index contributed by atoms with van der Waals surface area (Å²) in [5, 5.41) is 27.1. The van der Waals surface area contributed by atoms with Crippen molar-refractivity contribution < 1.29 is 14.7 Å². The van der Waals surface area contributed by atoms with E-state index in [1.165, 1.54) is 11.3 Å². The standard InChI is InChI=1S/C29H29N5O3S/c1-19-27(38-29(32-19)34-28(30)31-18-20-9-4-2-5-10-20)22-13-8-14-24(15-22)33-25(35)16-23(17-26(36)37)21-11-6-3-7-12-21/h2-15,23H,16-18H2,1H3,(H,33,35)(H,36,37)(H3,30,31,32,34). The largest absolute Gasteiger partial charge is 0.481 e. The van der Waals surface area contributed by atoms with Gasteiger partial charge in [0.05, 0.1) is 17.0 Å². The SMILES string of the molecule is Cc1nc(NC(=N)NCc2ccccc2)sc1-c1cccc(NC(=O)CC(CC(=O)O)c2ccccc2)c1. The second kappa shape index (κ2) is 12.6. The molecule has 0 saturated carbocycles. The summed E-state index contributed by atoms with van der Waals surface area (Å²) in [5.74, 6) is -1.45. The van der Waals surface area contributed by atoms with Crippen LogP contribution >= 0.6 is 11.3 Å². The van der Waals surface area contributed by atoms with E-state index in [9.17, 15) is 14.7 Å². The summed E-state index contributed by atoms with van der Waals surface area (Å²) in [6.45, 7) is 2.43. The number of aromatic nitrogens is 1. The second-order valence-corrected chi connectivity index (χ2v) is 9.81. The lowest BCUT2D eigenvalue weighted by Gasteiger charge is -2.15. The first kappa shape index (κ1) is 26.6. The monoisotopic (exact) mass is 527 g/mol.